The van der Waals surface area contributed by atoms with Gasteiger partial charge in [-0.15, -0.1) is 0 Å². The van der Waals surface area contributed by atoms with E-state index >= 15 is 0 Å². The SMILES string of the molecule is COCC(F)(CCCN)Cc1ccc(Cl)cc1. The van der Waals surface area contributed by atoms with Crippen molar-refractivity contribution in [3.05, 3.63) is 34.9 Å². The molecule has 0 heterocycles. The van der Waals surface area contributed by atoms with Crippen molar-refractivity contribution in [1.82, 2.24) is 0 Å². The van der Waals surface area contributed by atoms with Gasteiger partial charge in [-0.2, -0.15) is 0 Å². The largest absolute Gasteiger partial charge is 0.381 e. The molecule has 0 spiro atoms. The average molecular weight is 260 g/mol. The molecule has 1 atom stereocenters. The molecule has 2 N–H and O–H groups in total. The third kappa shape index (κ3) is 5.02. The number of ether oxygens (including phenoxy) is 1. The number of nitrogens with two attached hydrogens (primary N) is 1. The Morgan fingerprint density at radius 2 is 2.00 bits per heavy atom. The molecule has 0 saturated heterocycles. The summed E-state index contributed by atoms with van der Waals surface area (Å²) in [6.45, 7) is 0.589. The van der Waals surface area contributed by atoms with E-state index < -0.39 is 5.67 Å². The van der Waals surface area contributed by atoms with Crippen molar-refractivity contribution in [3.8, 4) is 0 Å². The van der Waals surface area contributed by atoms with Gasteiger partial charge in [0, 0.05) is 18.6 Å². The highest BCUT2D eigenvalue weighted by atomic mass is 35.5. The molecule has 0 aliphatic heterocycles. The number of benzene rings is 1. The molecule has 2 nitrogen and oxygen atoms in total. The minimum absolute atomic E-state index is 0.0929. The van der Waals surface area contributed by atoms with E-state index in [0.717, 1.165) is 5.56 Å². The van der Waals surface area contributed by atoms with E-state index in [-0.39, 0.29) is 6.61 Å². The predicted octanol–water partition coefficient (Wildman–Crippen LogP) is 2.98. The molecule has 0 saturated carbocycles. The number of hydrogen-bond acceptors (Lipinski definition) is 2. The third-order valence-corrected chi connectivity index (χ3v) is 2.92. The summed E-state index contributed by atoms with van der Waals surface area (Å²) in [6, 6.07) is 7.23. The van der Waals surface area contributed by atoms with Gasteiger partial charge >= 0.3 is 0 Å². The van der Waals surface area contributed by atoms with Gasteiger partial charge < -0.3 is 10.5 Å². The normalized spacial score (nSPS) is 14.6. The van der Waals surface area contributed by atoms with Crippen LogP contribution in [0.5, 0.6) is 0 Å². The molecule has 4 heteroatoms. The lowest BCUT2D eigenvalue weighted by atomic mass is 9.92. The zero-order valence-corrected chi connectivity index (χ0v) is 10.8. The van der Waals surface area contributed by atoms with Crippen molar-refractivity contribution in [3.63, 3.8) is 0 Å². The quantitative estimate of drug-likeness (QED) is 0.817. The lowest BCUT2D eigenvalue weighted by molar-refractivity contribution is 0.0334. The fourth-order valence-corrected chi connectivity index (χ4v) is 1.98. The minimum atomic E-state index is -1.35. The van der Waals surface area contributed by atoms with Gasteiger partial charge in [0.1, 0.15) is 5.67 Å². The van der Waals surface area contributed by atoms with Crippen LogP contribution in [0.4, 0.5) is 4.39 Å². The maximum atomic E-state index is 14.6. The second-order valence-corrected chi connectivity index (χ2v) is 4.72. The van der Waals surface area contributed by atoms with Crippen LogP contribution in [0.2, 0.25) is 5.02 Å². The van der Waals surface area contributed by atoms with Crippen LogP contribution in [0.15, 0.2) is 24.3 Å². The van der Waals surface area contributed by atoms with Crippen LogP contribution in [0, 0.1) is 0 Å². The monoisotopic (exact) mass is 259 g/mol. The highest BCUT2D eigenvalue weighted by Gasteiger charge is 2.29. The zero-order chi connectivity index (χ0) is 12.7. The lowest BCUT2D eigenvalue weighted by Gasteiger charge is -2.24. The number of methoxy groups -OCH3 is 1. The molecule has 0 aromatic heterocycles. The van der Waals surface area contributed by atoms with Gasteiger partial charge in [-0.3, -0.25) is 0 Å². The Hall–Kier alpha value is -0.640. The van der Waals surface area contributed by atoms with Crippen molar-refractivity contribution in [2.45, 2.75) is 24.9 Å². The number of halogens is 2. The molecule has 17 heavy (non-hydrogen) atoms. The minimum Gasteiger partial charge on any atom is -0.381 e. The Bertz CT molecular complexity index is 331. The first-order valence-electron chi connectivity index (χ1n) is 5.72. The summed E-state index contributed by atoms with van der Waals surface area (Å²) in [5, 5.41) is 0.659. The van der Waals surface area contributed by atoms with E-state index in [1.165, 1.54) is 7.11 Å². The number of alkyl halides is 1. The molecule has 0 aliphatic rings. The molecular weight excluding hydrogens is 241 g/mol. The first-order chi connectivity index (χ1) is 8.09. The Balaban J connectivity index is 2.67. The fourth-order valence-electron chi connectivity index (χ4n) is 1.86. The topological polar surface area (TPSA) is 35.2 Å². The predicted molar refractivity (Wildman–Crippen MR) is 69.2 cm³/mol. The standard InChI is InChI=1S/C13H19ClFNO/c1-17-10-13(15,7-2-8-16)9-11-3-5-12(14)6-4-11/h3-6H,2,7-10,16H2,1H3. The van der Waals surface area contributed by atoms with Crippen LogP contribution in [0.3, 0.4) is 0 Å². The molecule has 1 aromatic rings. The molecule has 1 rings (SSSR count). The van der Waals surface area contributed by atoms with Crippen LogP contribution >= 0.6 is 11.6 Å². The molecular formula is C13H19ClFNO. The van der Waals surface area contributed by atoms with Crippen LogP contribution in [0.1, 0.15) is 18.4 Å². The van der Waals surface area contributed by atoms with Crippen molar-refractivity contribution in [1.29, 1.82) is 0 Å². The van der Waals surface area contributed by atoms with Crippen molar-refractivity contribution in [2.75, 3.05) is 20.3 Å². The second-order valence-electron chi connectivity index (χ2n) is 4.28. The van der Waals surface area contributed by atoms with Gasteiger partial charge in [-0.05, 0) is 37.1 Å². The maximum absolute atomic E-state index is 14.6. The Morgan fingerprint density at radius 1 is 1.35 bits per heavy atom. The molecule has 0 radical (unpaired) electrons. The summed E-state index contributed by atoms with van der Waals surface area (Å²) < 4.78 is 19.5. The Kier molecular flexibility index (Phi) is 5.89. The van der Waals surface area contributed by atoms with Gasteiger partial charge in [0.05, 0.1) is 6.61 Å². The molecule has 96 valence electrons. The van der Waals surface area contributed by atoms with Crippen LogP contribution in [-0.4, -0.2) is 25.9 Å². The number of rotatable bonds is 7. The summed E-state index contributed by atoms with van der Waals surface area (Å²) in [6.07, 6.45) is 1.41. The van der Waals surface area contributed by atoms with Crippen LogP contribution < -0.4 is 5.73 Å². The van der Waals surface area contributed by atoms with Crippen LogP contribution in [-0.2, 0) is 11.2 Å². The van der Waals surface area contributed by atoms with Crippen molar-refractivity contribution in [2.24, 2.45) is 5.73 Å². The van der Waals surface area contributed by atoms with E-state index in [4.69, 9.17) is 22.1 Å². The molecule has 0 aliphatic carbocycles. The Morgan fingerprint density at radius 3 is 2.53 bits per heavy atom. The molecule has 0 bridgehead atoms. The number of hydrogen-bond donors (Lipinski definition) is 1. The molecule has 1 unspecified atom stereocenters. The summed E-state index contributed by atoms with van der Waals surface area (Å²) in [7, 11) is 1.51. The second kappa shape index (κ2) is 6.94. The highest BCUT2D eigenvalue weighted by Crippen LogP contribution is 2.25. The fraction of sp³-hybridized carbons (Fsp3) is 0.538. The smallest absolute Gasteiger partial charge is 0.138 e. The first-order valence-corrected chi connectivity index (χ1v) is 6.10. The van der Waals surface area contributed by atoms with E-state index in [0.29, 0.717) is 30.8 Å². The van der Waals surface area contributed by atoms with Gasteiger partial charge in [-0.1, -0.05) is 23.7 Å². The summed E-state index contributed by atoms with van der Waals surface area (Å²) >= 11 is 5.79. The van der Waals surface area contributed by atoms with Crippen molar-refractivity contribution < 1.29 is 9.13 Å². The molecule has 1 aromatic carbocycles. The summed E-state index contributed by atoms with van der Waals surface area (Å²) in [4.78, 5) is 0. The molecule has 0 fully saturated rings. The molecule has 0 amide bonds. The van der Waals surface area contributed by atoms with Crippen molar-refractivity contribution >= 4 is 11.6 Å². The van der Waals surface area contributed by atoms with E-state index in [9.17, 15) is 4.39 Å². The third-order valence-electron chi connectivity index (χ3n) is 2.67. The van der Waals surface area contributed by atoms with E-state index in [2.05, 4.69) is 0 Å². The average Bonchev–Trinajstić information content (AvgIpc) is 2.30. The highest BCUT2D eigenvalue weighted by molar-refractivity contribution is 6.30. The summed E-state index contributed by atoms with van der Waals surface area (Å²) in [5.74, 6) is 0. The van der Waals surface area contributed by atoms with Gasteiger partial charge in [0.25, 0.3) is 0 Å². The van der Waals surface area contributed by atoms with Crippen LogP contribution in [0.25, 0.3) is 0 Å². The first kappa shape index (κ1) is 14.4. The van der Waals surface area contributed by atoms with Gasteiger partial charge in [0.2, 0.25) is 0 Å². The van der Waals surface area contributed by atoms with Gasteiger partial charge in [-0.25, -0.2) is 4.39 Å². The maximum Gasteiger partial charge on any atom is 0.138 e. The Labute approximate surface area is 107 Å². The van der Waals surface area contributed by atoms with E-state index in [1.807, 2.05) is 12.1 Å². The zero-order valence-electron chi connectivity index (χ0n) is 10.1. The summed E-state index contributed by atoms with van der Waals surface area (Å²) in [5.41, 5.74) is 5.00. The van der Waals surface area contributed by atoms with E-state index in [1.54, 1.807) is 12.1 Å². The van der Waals surface area contributed by atoms with Gasteiger partial charge in [0.15, 0.2) is 0 Å². The lowest BCUT2D eigenvalue weighted by Crippen LogP contribution is -2.32.